The number of nitrogens with one attached hydrogen (secondary N) is 1. The van der Waals surface area contributed by atoms with E-state index in [1.54, 1.807) is 18.2 Å². The van der Waals surface area contributed by atoms with Crippen molar-refractivity contribution in [1.29, 1.82) is 0 Å². The molecular weight excluding hydrogens is 185 g/mol. The van der Waals surface area contributed by atoms with Crippen LogP contribution in [0.1, 0.15) is 5.56 Å². The molecule has 1 amide bonds. The van der Waals surface area contributed by atoms with Crippen molar-refractivity contribution in [2.75, 3.05) is 7.11 Å². The number of amides is 1. The quantitative estimate of drug-likeness (QED) is 0.586. The Balaban J connectivity index is 2.60. The highest BCUT2D eigenvalue weighted by atomic mass is 19.1. The highest BCUT2D eigenvalue weighted by Gasteiger charge is 1.92. The van der Waals surface area contributed by atoms with Crippen LogP contribution in [0.4, 0.5) is 4.39 Å². The normalized spacial score (nSPS) is 10.4. The van der Waals surface area contributed by atoms with Crippen molar-refractivity contribution >= 4 is 12.0 Å². The molecule has 0 heterocycles. The molecule has 0 spiro atoms. The van der Waals surface area contributed by atoms with E-state index in [4.69, 9.17) is 0 Å². The van der Waals surface area contributed by atoms with Gasteiger partial charge in [0.15, 0.2) is 0 Å². The average molecular weight is 195 g/mol. The van der Waals surface area contributed by atoms with Crippen molar-refractivity contribution in [3.05, 3.63) is 41.7 Å². The van der Waals surface area contributed by atoms with E-state index < -0.39 is 0 Å². The van der Waals surface area contributed by atoms with Crippen molar-refractivity contribution < 1.29 is 14.0 Å². The van der Waals surface area contributed by atoms with Crippen LogP contribution >= 0.6 is 0 Å². The van der Waals surface area contributed by atoms with Crippen molar-refractivity contribution in [3.8, 4) is 0 Å². The number of carbonyl (C=O) groups is 1. The zero-order chi connectivity index (χ0) is 10.4. The number of hydrogen-bond acceptors (Lipinski definition) is 2. The molecule has 0 atom stereocenters. The predicted octanol–water partition coefficient (Wildman–Crippen LogP) is 1.52. The van der Waals surface area contributed by atoms with Crippen LogP contribution in [0.25, 0.3) is 6.08 Å². The molecule has 0 saturated heterocycles. The minimum atomic E-state index is -0.364. The van der Waals surface area contributed by atoms with Gasteiger partial charge in [-0.3, -0.25) is 9.63 Å². The lowest BCUT2D eigenvalue weighted by Gasteiger charge is -1.95. The Bertz CT molecular complexity index is 332. The van der Waals surface area contributed by atoms with E-state index in [-0.39, 0.29) is 11.7 Å². The first kappa shape index (κ1) is 10.4. The minimum Gasteiger partial charge on any atom is -0.277 e. The first-order valence-electron chi connectivity index (χ1n) is 3.99. The van der Waals surface area contributed by atoms with E-state index in [9.17, 15) is 9.18 Å². The maximum absolute atomic E-state index is 12.5. The molecule has 1 rings (SSSR count). The van der Waals surface area contributed by atoms with E-state index in [1.165, 1.54) is 25.3 Å². The third kappa shape index (κ3) is 3.37. The van der Waals surface area contributed by atoms with Gasteiger partial charge in [0.1, 0.15) is 5.82 Å². The number of rotatable bonds is 3. The van der Waals surface area contributed by atoms with Crippen LogP contribution < -0.4 is 5.48 Å². The van der Waals surface area contributed by atoms with Gasteiger partial charge in [-0.05, 0) is 23.8 Å². The third-order valence-corrected chi connectivity index (χ3v) is 1.50. The maximum atomic E-state index is 12.5. The van der Waals surface area contributed by atoms with Crippen molar-refractivity contribution in [2.45, 2.75) is 0 Å². The molecule has 4 heteroatoms. The predicted molar refractivity (Wildman–Crippen MR) is 50.6 cm³/mol. The Hall–Kier alpha value is -1.68. The lowest BCUT2D eigenvalue weighted by atomic mass is 10.2. The number of carbonyl (C=O) groups excluding carboxylic acids is 1. The molecule has 0 aliphatic rings. The summed E-state index contributed by atoms with van der Waals surface area (Å²) >= 11 is 0. The van der Waals surface area contributed by atoms with Gasteiger partial charge in [0.2, 0.25) is 0 Å². The molecular formula is C10H10FNO2. The zero-order valence-corrected chi connectivity index (χ0v) is 7.66. The molecule has 3 nitrogen and oxygen atoms in total. The Morgan fingerprint density at radius 3 is 2.64 bits per heavy atom. The standard InChI is InChI=1S/C10H10FNO2/c1-14-12-10(13)7-4-8-2-5-9(11)6-3-8/h2-7H,1H3,(H,12,13)/b7-4-. The maximum Gasteiger partial charge on any atom is 0.267 e. The summed E-state index contributed by atoms with van der Waals surface area (Å²) < 4.78 is 12.5. The summed E-state index contributed by atoms with van der Waals surface area (Å²) in [6.07, 6.45) is 2.87. The largest absolute Gasteiger partial charge is 0.277 e. The number of hydrogen-bond donors (Lipinski definition) is 1. The van der Waals surface area contributed by atoms with E-state index >= 15 is 0 Å². The molecule has 0 unspecified atom stereocenters. The molecule has 1 N–H and O–H groups in total. The van der Waals surface area contributed by atoms with Crippen LogP contribution in [0.5, 0.6) is 0 Å². The van der Waals surface area contributed by atoms with E-state index in [0.717, 1.165) is 5.56 Å². The molecule has 0 bridgehead atoms. The molecule has 0 saturated carbocycles. The van der Waals surface area contributed by atoms with Gasteiger partial charge >= 0.3 is 0 Å². The van der Waals surface area contributed by atoms with Crippen LogP contribution in [0.2, 0.25) is 0 Å². The lowest BCUT2D eigenvalue weighted by molar-refractivity contribution is -0.126. The van der Waals surface area contributed by atoms with Crippen LogP contribution in [0.3, 0.4) is 0 Å². The molecule has 1 aromatic rings. The van der Waals surface area contributed by atoms with Gasteiger partial charge in [-0.1, -0.05) is 12.1 Å². The summed E-state index contributed by atoms with van der Waals surface area (Å²) in [6.45, 7) is 0. The smallest absolute Gasteiger partial charge is 0.267 e. The second-order valence-electron chi connectivity index (χ2n) is 2.56. The topological polar surface area (TPSA) is 38.3 Å². The summed E-state index contributed by atoms with van der Waals surface area (Å²) in [7, 11) is 1.35. The first-order chi connectivity index (χ1) is 6.72. The Morgan fingerprint density at radius 1 is 1.43 bits per heavy atom. The monoisotopic (exact) mass is 195 g/mol. The minimum absolute atomic E-state index is 0.302. The molecule has 0 aliphatic heterocycles. The Kier molecular flexibility index (Phi) is 3.82. The van der Waals surface area contributed by atoms with Gasteiger partial charge in [-0.15, -0.1) is 0 Å². The fraction of sp³-hybridized carbons (Fsp3) is 0.100. The summed E-state index contributed by atoms with van der Waals surface area (Å²) in [5, 5.41) is 0. The molecule has 0 radical (unpaired) electrons. The molecule has 0 aromatic heterocycles. The Labute approximate surface area is 81.1 Å². The third-order valence-electron chi connectivity index (χ3n) is 1.50. The van der Waals surface area contributed by atoms with Crippen molar-refractivity contribution in [3.63, 3.8) is 0 Å². The highest BCUT2D eigenvalue weighted by Crippen LogP contribution is 2.04. The molecule has 1 aromatic carbocycles. The number of halogens is 1. The van der Waals surface area contributed by atoms with E-state index in [1.807, 2.05) is 0 Å². The van der Waals surface area contributed by atoms with Crippen LogP contribution in [0, 0.1) is 5.82 Å². The van der Waals surface area contributed by atoms with E-state index in [0.29, 0.717) is 0 Å². The van der Waals surface area contributed by atoms with Gasteiger partial charge in [0, 0.05) is 6.08 Å². The van der Waals surface area contributed by atoms with Crippen molar-refractivity contribution in [1.82, 2.24) is 5.48 Å². The second kappa shape index (κ2) is 5.14. The highest BCUT2D eigenvalue weighted by molar-refractivity contribution is 5.90. The molecule has 0 fully saturated rings. The molecule has 14 heavy (non-hydrogen) atoms. The fourth-order valence-corrected chi connectivity index (χ4v) is 0.880. The first-order valence-corrected chi connectivity index (χ1v) is 3.99. The number of benzene rings is 1. The summed E-state index contributed by atoms with van der Waals surface area (Å²) in [5.74, 6) is -0.666. The van der Waals surface area contributed by atoms with Crippen molar-refractivity contribution in [2.24, 2.45) is 0 Å². The summed E-state index contributed by atoms with van der Waals surface area (Å²) in [6, 6.07) is 5.81. The van der Waals surface area contributed by atoms with Gasteiger partial charge in [-0.25, -0.2) is 9.87 Å². The van der Waals surface area contributed by atoms with E-state index in [2.05, 4.69) is 10.3 Å². The molecule has 74 valence electrons. The number of hydroxylamine groups is 1. The van der Waals surface area contributed by atoms with Gasteiger partial charge in [0.25, 0.3) is 5.91 Å². The van der Waals surface area contributed by atoms with Crippen LogP contribution in [0.15, 0.2) is 30.3 Å². The average Bonchev–Trinajstić information content (AvgIpc) is 2.17. The van der Waals surface area contributed by atoms with Gasteiger partial charge in [0.05, 0.1) is 7.11 Å². The second-order valence-corrected chi connectivity index (χ2v) is 2.56. The summed E-state index contributed by atoms with van der Waals surface area (Å²) in [5.41, 5.74) is 2.88. The fourth-order valence-electron chi connectivity index (χ4n) is 0.880. The lowest BCUT2D eigenvalue weighted by Crippen LogP contribution is -2.18. The molecule has 0 aliphatic carbocycles. The van der Waals surface area contributed by atoms with Crippen LogP contribution in [-0.2, 0) is 9.63 Å². The van der Waals surface area contributed by atoms with Gasteiger partial charge < -0.3 is 0 Å². The Morgan fingerprint density at radius 2 is 2.07 bits per heavy atom. The summed E-state index contributed by atoms with van der Waals surface area (Å²) in [4.78, 5) is 15.3. The SMILES string of the molecule is CONC(=O)/C=C\c1ccc(F)cc1. The zero-order valence-electron chi connectivity index (χ0n) is 7.66. The van der Waals surface area contributed by atoms with Gasteiger partial charge in [-0.2, -0.15) is 0 Å². The van der Waals surface area contributed by atoms with Crippen LogP contribution in [-0.4, -0.2) is 13.0 Å².